The molecule has 3 unspecified atom stereocenters. The van der Waals surface area contributed by atoms with Crippen molar-refractivity contribution in [1.29, 1.82) is 0 Å². The smallest absolute Gasteiger partial charge is 0.0159 e. The Morgan fingerprint density at radius 2 is 1.03 bits per heavy atom. The summed E-state index contributed by atoms with van der Waals surface area (Å²) in [5, 5.41) is 2.75. The molecular formula is C76H96. The molecule has 0 N–H and O–H groups in total. The summed E-state index contributed by atoms with van der Waals surface area (Å²) in [6.07, 6.45) is 14.8. The molecule has 10 rings (SSSR count). The number of allylic oxidation sites excluding steroid dienone is 8. The van der Waals surface area contributed by atoms with Crippen LogP contribution in [0, 0.1) is 53.4 Å². The molecule has 76 heavy (non-hydrogen) atoms. The van der Waals surface area contributed by atoms with E-state index in [4.69, 9.17) is 0 Å². The summed E-state index contributed by atoms with van der Waals surface area (Å²) < 4.78 is 0. The molecule has 400 valence electrons. The fourth-order valence-corrected chi connectivity index (χ4v) is 11.7. The van der Waals surface area contributed by atoms with E-state index < -0.39 is 0 Å². The molecule has 0 aromatic heterocycles. The lowest BCUT2D eigenvalue weighted by Gasteiger charge is -2.32. The molecule has 0 amide bonds. The summed E-state index contributed by atoms with van der Waals surface area (Å²) in [6.45, 7) is 41.9. The van der Waals surface area contributed by atoms with Crippen molar-refractivity contribution in [3.05, 3.63) is 247 Å². The Bertz CT molecular complexity index is 3090. The van der Waals surface area contributed by atoms with Gasteiger partial charge in [0.2, 0.25) is 0 Å². The van der Waals surface area contributed by atoms with Crippen LogP contribution in [0.25, 0.3) is 33.0 Å². The Balaban J connectivity index is 0.000000224. The second-order valence-electron chi connectivity index (χ2n) is 22.4. The van der Waals surface area contributed by atoms with Gasteiger partial charge < -0.3 is 0 Å². The number of hydrogen-bond acceptors (Lipinski definition) is 0. The topological polar surface area (TPSA) is 0 Å². The lowest BCUT2D eigenvalue weighted by molar-refractivity contribution is 0.552. The first kappa shape index (κ1) is 60.6. The second-order valence-corrected chi connectivity index (χ2v) is 22.4. The maximum absolute atomic E-state index is 2.49. The Hall–Kier alpha value is -6.24. The molecule has 0 radical (unpaired) electrons. The first-order chi connectivity index (χ1) is 36.4. The monoisotopic (exact) mass is 1010 g/mol. The van der Waals surface area contributed by atoms with Crippen LogP contribution in [0.15, 0.2) is 169 Å². The SMILES string of the molecule is C/C=C\C1=C(C)C(C)C(C)c2cc(Cc3ccc4c(c3)C(C)(C)c3cc(C)c5ccccc5c3-4)ccc21.C/C=C\C1=C(CCC)C(C)Cc2cc(C)ccc21.CC.CCC.Cc1cccc(C)c1.Cc1cccc(C)c1. The molecule has 3 aliphatic rings. The summed E-state index contributed by atoms with van der Waals surface area (Å²) in [5.74, 6) is 1.78. The quantitative estimate of drug-likeness (QED) is 0.156. The minimum absolute atomic E-state index is 0.00102. The number of hydrogen-bond donors (Lipinski definition) is 0. The zero-order valence-electron chi connectivity index (χ0n) is 50.8. The summed E-state index contributed by atoms with van der Waals surface area (Å²) in [7, 11) is 0. The molecule has 0 aliphatic heterocycles. The fraction of sp³-hybridized carbons (Fsp3) is 0.368. The van der Waals surface area contributed by atoms with Crippen molar-refractivity contribution in [2.24, 2.45) is 11.8 Å². The lowest BCUT2D eigenvalue weighted by Crippen LogP contribution is -2.16. The zero-order chi connectivity index (χ0) is 55.9. The number of benzene rings is 7. The van der Waals surface area contributed by atoms with Crippen LogP contribution in [-0.4, -0.2) is 0 Å². The largest absolute Gasteiger partial charge is 0.0870 e. The summed E-state index contributed by atoms with van der Waals surface area (Å²) >= 11 is 0. The third kappa shape index (κ3) is 14.4. The molecule has 0 heterocycles. The molecule has 0 saturated heterocycles. The summed E-state index contributed by atoms with van der Waals surface area (Å²) in [6, 6.07) is 49.6. The van der Waals surface area contributed by atoms with E-state index in [1.165, 1.54) is 142 Å². The number of rotatable bonds is 6. The van der Waals surface area contributed by atoms with Crippen molar-refractivity contribution < 1.29 is 0 Å². The second kappa shape index (κ2) is 28.2. The molecule has 0 fully saturated rings. The third-order valence-corrected chi connectivity index (χ3v) is 15.7. The molecule has 0 nitrogen and oxygen atoms in total. The Morgan fingerprint density at radius 3 is 1.57 bits per heavy atom. The summed E-state index contributed by atoms with van der Waals surface area (Å²) in [4.78, 5) is 0. The van der Waals surface area contributed by atoms with E-state index in [0.717, 1.165) is 6.42 Å². The highest BCUT2D eigenvalue weighted by atomic mass is 14.4. The molecule has 0 bridgehead atoms. The molecule has 7 aromatic rings. The van der Waals surface area contributed by atoms with Crippen molar-refractivity contribution in [3.8, 4) is 11.1 Å². The molecule has 0 spiro atoms. The molecule has 0 saturated carbocycles. The van der Waals surface area contributed by atoms with Crippen LogP contribution >= 0.6 is 0 Å². The molecule has 7 aromatic carbocycles. The Kier molecular flexibility index (Phi) is 22.5. The van der Waals surface area contributed by atoms with Crippen molar-refractivity contribution in [2.45, 2.75) is 175 Å². The van der Waals surface area contributed by atoms with Crippen LogP contribution in [0.5, 0.6) is 0 Å². The maximum Gasteiger partial charge on any atom is 0.0159 e. The van der Waals surface area contributed by atoms with Crippen LogP contribution in [0.4, 0.5) is 0 Å². The molecule has 3 aliphatic carbocycles. The first-order valence-corrected chi connectivity index (χ1v) is 29.0. The predicted molar refractivity (Wildman–Crippen MR) is 340 cm³/mol. The first-order valence-electron chi connectivity index (χ1n) is 29.0. The van der Waals surface area contributed by atoms with E-state index >= 15 is 0 Å². The van der Waals surface area contributed by atoms with Crippen LogP contribution in [0.2, 0.25) is 0 Å². The van der Waals surface area contributed by atoms with Gasteiger partial charge in [0.1, 0.15) is 0 Å². The van der Waals surface area contributed by atoms with Gasteiger partial charge >= 0.3 is 0 Å². The lowest BCUT2D eigenvalue weighted by atomic mass is 9.73. The van der Waals surface area contributed by atoms with Gasteiger partial charge in [0.25, 0.3) is 0 Å². The van der Waals surface area contributed by atoms with E-state index in [9.17, 15) is 0 Å². The number of fused-ring (bicyclic) bond motifs is 7. The maximum atomic E-state index is 2.49. The predicted octanol–water partition coefficient (Wildman–Crippen LogP) is 22.5. The van der Waals surface area contributed by atoms with Crippen molar-refractivity contribution in [2.75, 3.05) is 0 Å². The van der Waals surface area contributed by atoms with Crippen LogP contribution in [-0.2, 0) is 18.3 Å². The normalized spacial score (nSPS) is 16.5. The van der Waals surface area contributed by atoms with Crippen molar-refractivity contribution in [3.63, 3.8) is 0 Å². The highest BCUT2D eigenvalue weighted by molar-refractivity contribution is 6.04. The minimum Gasteiger partial charge on any atom is -0.0870 e. The highest BCUT2D eigenvalue weighted by Crippen LogP contribution is 2.52. The minimum atomic E-state index is -0.00102. The van der Waals surface area contributed by atoms with Gasteiger partial charge in [0.05, 0.1) is 0 Å². The van der Waals surface area contributed by atoms with Gasteiger partial charge in [-0.3, -0.25) is 0 Å². The van der Waals surface area contributed by atoms with Gasteiger partial charge in [-0.1, -0.05) is 279 Å². The number of aryl methyl sites for hydroxylation is 6. The van der Waals surface area contributed by atoms with E-state index in [1.807, 2.05) is 13.8 Å². The van der Waals surface area contributed by atoms with Gasteiger partial charge in [0, 0.05) is 5.41 Å². The van der Waals surface area contributed by atoms with Gasteiger partial charge in [-0.15, -0.1) is 0 Å². The van der Waals surface area contributed by atoms with Crippen LogP contribution in [0.3, 0.4) is 0 Å². The van der Waals surface area contributed by atoms with Crippen LogP contribution in [0.1, 0.15) is 193 Å². The van der Waals surface area contributed by atoms with Gasteiger partial charge in [0.15, 0.2) is 0 Å². The van der Waals surface area contributed by atoms with Gasteiger partial charge in [-0.2, -0.15) is 0 Å². The molecular weight excluding hydrogens is 913 g/mol. The Morgan fingerprint density at radius 1 is 0.513 bits per heavy atom. The Labute approximate surface area is 464 Å². The fourth-order valence-electron chi connectivity index (χ4n) is 11.7. The highest BCUT2D eigenvalue weighted by Gasteiger charge is 2.37. The standard InChI is InChI=1S/C37H38.C18H24.2C8H10.C3H8.C2H6/c1-8-11-29-24(4)23(3)25(5)33-20-26(14-16-30(29)33)19-27-15-17-32-34(21-27)37(6,7)35-18-22(2)28-12-9-10-13-31(28)36(32)35;1-5-7-16-14(4)12-15-11-13(3)9-10-17(15)18(16)8-6-2;2*1-7-4-3-5-8(2)6-7;1-3-2;1-2/h8-18,20-21,23,25H,19H2,1-7H3;6,8-11,14H,5,7,12H2,1-4H3;2*3-6H,1-2H3;3H2,1-2H3;1-2H3/b11-8-;8-6-;;;;. The summed E-state index contributed by atoms with van der Waals surface area (Å²) in [5.41, 5.74) is 28.6. The third-order valence-electron chi connectivity index (χ3n) is 15.7. The molecule has 0 heteroatoms. The zero-order valence-corrected chi connectivity index (χ0v) is 50.8. The van der Waals surface area contributed by atoms with E-state index in [1.54, 1.807) is 5.57 Å². The van der Waals surface area contributed by atoms with E-state index in [-0.39, 0.29) is 5.41 Å². The average molecular weight is 1010 g/mol. The average Bonchev–Trinajstić information content (AvgIpc) is 3.71. The molecule has 3 atom stereocenters. The van der Waals surface area contributed by atoms with E-state index in [2.05, 4.69) is 275 Å². The van der Waals surface area contributed by atoms with Crippen molar-refractivity contribution >= 4 is 21.9 Å². The van der Waals surface area contributed by atoms with Crippen LogP contribution < -0.4 is 0 Å². The van der Waals surface area contributed by atoms with Gasteiger partial charge in [-0.05, 0) is 182 Å². The van der Waals surface area contributed by atoms with Gasteiger partial charge in [-0.25, -0.2) is 0 Å². The van der Waals surface area contributed by atoms with E-state index in [0.29, 0.717) is 17.8 Å². The van der Waals surface area contributed by atoms with Crippen molar-refractivity contribution in [1.82, 2.24) is 0 Å².